The number of nitrogens with one attached hydrogen (secondary N) is 1. The molecule has 2 rings (SSSR count). The van der Waals surface area contributed by atoms with Crippen LogP contribution in [0.3, 0.4) is 0 Å². The van der Waals surface area contributed by atoms with Crippen LogP contribution in [0.5, 0.6) is 0 Å². The fourth-order valence-corrected chi connectivity index (χ4v) is 1.62. The lowest BCUT2D eigenvalue weighted by molar-refractivity contribution is -0.0250. The Morgan fingerprint density at radius 2 is 2.20 bits per heavy atom. The lowest BCUT2D eigenvalue weighted by Crippen LogP contribution is -2.32. The first-order chi connectivity index (χ1) is 7.13. The third-order valence-electron chi connectivity index (χ3n) is 2.43. The minimum atomic E-state index is -1.12. The predicted octanol–water partition coefficient (Wildman–Crippen LogP) is -1.85. The van der Waals surface area contributed by atoms with Crippen LogP contribution < -0.4 is 5.73 Å². The number of imidazole rings is 1. The summed E-state index contributed by atoms with van der Waals surface area (Å²) in [6, 6.07) is 0. The van der Waals surface area contributed by atoms with Gasteiger partial charge in [0, 0.05) is 0 Å². The summed E-state index contributed by atoms with van der Waals surface area (Å²) in [5.74, 6) is 0.692. The van der Waals surface area contributed by atoms with E-state index in [-0.39, 0.29) is 6.61 Å². The van der Waals surface area contributed by atoms with Gasteiger partial charge in [0.15, 0.2) is 0 Å². The minimum absolute atomic E-state index is 0.343. The zero-order valence-electron chi connectivity index (χ0n) is 7.87. The van der Waals surface area contributed by atoms with Crippen molar-refractivity contribution >= 4 is 5.82 Å². The van der Waals surface area contributed by atoms with E-state index in [1.54, 1.807) is 0 Å². The van der Waals surface area contributed by atoms with E-state index in [9.17, 15) is 10.2 Å². The topological polar surface area (TPSA) is 125 Å². The van der Waals surface area contributed by atoms with Crippen LogP contribution >= 0.6 is 0 Å². The van der Waals surface area contributed by atoms with Gasteiger partial charge in [0.1, 0.15) is 36.1 Å². The molecule has 1 aliphatic rings. The van der Waals surface area contributed by atoms with Gasteiger partial charge in [-0.2, -0.15) is 0 Å². The Bertz CT molecular complexity index is 342. The number of rotatable bonds is 2. The summed E-state index contributed by atoms with van der Waals surface area (Å²) >= 11 is 0. The number of nitrogens with zero attached hydrogens (tertiary/aromatic N) is 1. The molecule has 7 heteroatoms. The van der Waals surface area contributed by atoms with Gasteiger partial charge in [-0.05, 0) is 0 Å². The lowest BCUT2D eigenvalue weighted by Gasteiger charge is -2.11. The van der Waals surface area contributed by atoms with Crippen molar-refractivity contribution in [1.29, 1.82) is 0 Å². The van der Waals surface area contributed by atoms with E-state index in [4.69, 9.17) is 15.6 Å². The monoisotopic (exact) mass is 215 g/mol. The molecule has 0 bridgehead atoms. The molecule has 2 heterocycles. The Balaban J connectivity index is 2.18. The highest BCUT2D eigenvalue weighted by Gasteiger charge is 2.44. The molecule has 6 N–H and O–H groups in total. The second-order valence-corrected chi connectivity index (χ2v) is 3.48. The van der Waals surface area contributed by atoms with Gasteiger partial charge >= 0.3 is 0 Å². The molecule has 0 aliphatic carbocycles. The lowest BCUT2D eigenvalue weighted by atomic mass is 10.1. The number of anilines is 1. The Kier molecular flexibility index (Phi) is 2.61. The third-order valence-corrected chi connectivity index (χ3v) is 2.43. The molecule has 4 atom stereocenters. The average Bonchev–Trinajstić information content (AvgIpc) is 2.74. The van der Waals surface area contributed by atoms with Crippen molar-refractivity contribution in [1.82, 2.24) is 9.97 Å². The highest BCUT2D eigenvalue weighted by molar-refractivity contribution is 5.25. The van der Waals surface area contributed by atoms with Gasteiger partial charge in [0.05, 0.1) is 12.8 Å². The molecule has 0 spiro atoms. The van der Waals surface area contributed by atoms with Crippen molar-refractivity contribution in [3.8, 4) is 0 Å². The summed E-state index contributed by atoms with van der Waals surface area (Å²) < 4.78 is 5.24. The summed E-state index contributed by atoms with van der Waals surface area (Å²) in [4.78, 5) is 6.60. The van der Waals surface area contributed by atoms with Gasteiger partial charge in [0.25, 0.3) is 0 Å². The van der Waals surface area contributed by atoms with Crippen molar-refractivity contribution < 1.29 is 20.1 Å². The molecule has 0 saturated carbocycles. The first kappa shape index (κ1) is 10.4. The number of aliphatic hydroxyl groups excluding tert-OH is 3. The van der Waals surface area contributed by atoms with Gasteiger partial charge in [-0.3, -0.25) is 0 Å². The standard InChI is InChI=1S/C8H13N3O4/c9-4-1-10-8(11-4)7-6(14)5(13)3(2-12)15-7/h1,3,5-7,12-14H,2,9H2,(H,10,11)/t3-,5-,6-,7-/m1/s1. The highest BCUT2D eigenvalue weighted by Crippen LogP contribution is 2.31. The third kappa shape index (κ3) is 1.70. The Labute approximate surface area is 85.5 Å². The van der Waals surface area contributed by atoms with E-state index >= 15 is 0 Å². The van der Waals surface area contributed by atoms with Crippen molar-refractivity contribution in [2.24, 2.45) is 0 Å². The first-order valence-corrected chi connectivity index (χ1v) is 4.56. The largest absolute Gasteiger partial charge is 0.394 e. The van der Waals surface area contributed by atoms with Crippen molar-refractivity contribution in [3.05, 3.63) is 12.0 Å². The molecule has 15 heavy (non-hydrogen) atoms. The van der Waals surface area contributed by atoms with Crippen LogP contribution in [0.4, 0.5) is 5.82 Å². The number of H-pyrrole nitrogens is 1. The zero-order chi connectivity index (χ0) is 11.0. The first-order valence-electron chi connectivity index (χ1n) is 4.56. The van der Waals surface area contributed by atoms with Gasteiger partial charge in [-0.1, -0.05) is 0 Å². The molecule has 0 radical (unpaired) electrons. The molecular formula is C8H13N3O4. The summed E-state index contributed by atoms with van der Waals surface area (Å²) in [7, 11) is 0. The zero-order valence-corrected chi connectivity index (χ0v) is 7.87. The number of aliphatic hydroxyl groups is 3. The summed E-state index contributed by atoms with van der Waals surface area (Å²) in [6.45, 7) is -0.356. The average molecular weight is 215 g/mol. The Morgan fingerprint density at radius 3 is 2.67 bits per heavy atom. The molecule has 1 aromatic heterocycles. The van der Waals surface area contributed by atoms with Crippen LogP contribution in [0.25, 0.3) is 0 Å². The molecule has 0 unspecified atom stereocenters. The maximum absolute atomic E-state index is 9.63. The van der Waals surface area contributed by atoms with Crippen LogP contribution in [0, 0.1) is 0 Å². The Morgan fingerprint density at radius 1 is 1.47 bits per heavy atom. The molecule has 1 aliphatic heterocycles. The number of aromatic nitrogens is 2. The minimum Gasteiger partial charge on any atom is -0.394 e. The quantitative estimate of drug-likeness (QED) is 0.394. The molecule has 1 saturated heterocycles. The molecule has 84 valence electrons. The molecule has 0 amide bonds. The number of aromatic amines is 1. The van der Waals surface area contributed by atoms with Gasteiger partial charge in [0.2, 0.25) is 0 Å². The summed E-state index contributed by atoms with van der Waals surface area (Å²) in [6.07, 6.45) is -2.42. The van der Waals surface area contributed by atoms with Crippen LogP contribution in [0.2, 0.25) is 0 Å². The van der Waals surface area contributed by atoms with Gasteiger partial charge in [-0.15, -0.1) is 0 Å². The second kappa shape index (κ2) is 3.78. The van der Waals surface area contributed by atoms with E-state index in [0.717, 1.165) is 0 Å². The van der Waals surface area contributed by atoms with Gasteiger partial charge in [-0.25, -0.2) is 4.98 Å². The molecule has 0 aromatic carbocycles. The molecular weight excluding hydrogens is 202 g/mol. The molecule has 7 nitrogen and oxygen atoms in total. The smallest absolute Gasteiger partial charge is 0.144 e. The van der Waals surface area contributed by atoms with Crippen LogP contribution in [-0.4, -0.2) is 50.2 Å². The number of hydrogen-bond acceptors (Lipinski definition) is 6. The van der Waals surface area contributed by atoms with E-state index in [1.165, 1.54) is 6.20 Å². The van der Waals surface area contributed by atoms with Crippen molar-refractivity contribution in [3.63, 3.8) is 0 Å². The molecule has 1 aromatic rings. The van der Waals surface area contributed by atoms with Gasteiger partial charge < -0.3 is 30.8 Å². The van der Waals surface area contributed by atoms with Crippen LogP contribution in [0.1, 0.15) is 11.9 Å². The second-order valence-electron chi connectivity index (χ2n) is 3.48. The fraction of sp³-hybridized carbons (Fsp3) is 0.625. The number of nitrogen functional groups attached to an aromatic ring is 1. The predicted molar refractivity (Wildman–Crippen MR) is 49.7 cm³/mol. The number of hydrogen-bond donors (Lipinski definition) is 5. The van der Waals surface area contributed by atoms with Crippen molar-refractivity contribution in [2.45, 2.75) is 24.4 Å². The number of ether oxygens (including phenoxy) is 1. The van der Waals surface area contributed by atoms with E-state index in [1.807, 2.05) is 0 Å². The fourth-order valence-electron chi connectivity index (χ4n) is 1.62. The summed E-state index contributed by atoms with van der Waals surface area (Å²) in [5, 5.41) is 28.0. The van der Waals surface area contributed by atoms with Crippen LogP contribution in [0.15, 0.2) is 6.20 Å². The highest BCUT2D eigenvalue weighted by atomic mass is 16.6. The van der Waals surface area contributed by atoms with Crippen molar-refractivity contribution in [2.75, 3.05) is 12.3 Å². The maximum atomic E-state index is 9.63. The number of nitrogens with two attached hydrogens (primary N) is 1. The maximum Gasteiger partial charge on any atom is 0.144 e. The Hall–Kier alpha value is -1.15. The van der Waals surface area contributed by atoms with E-state index in [0.29, 0.717) is 11.6 Å². The SMILES string of the molecule is Nc1cnc([C@@H]2O[C@H](CO)[C@@H](O)[C@H]2O)[nH]1. The normalized spacial score (nSPS) is 35.9. The van der Waals surface area contributed by atoms with E-state index in [2.05, 4.69) is 9.97 Å². The summed E-state index contributed by atoms with van der Waals surface area (Å²) in [5.41, 5.74) is 5.43. The molecule has 1 fully saturated rings. The van der Waals surface area contributed by atoms with Crippen LogP contribution in [-0.2, 0) is 4.74 Å². The van der Waals surface area contributed by atoms with E-state index < -0.39 is 24.4 Å².